The van der Waals surface area contributed by atoms with Crippen LogP contribution in [0.1, 0.15) is 48.9 Å². The number of benzene rings is 1. The number of ether oxygens (including phenoxy) is 2. The number of aromatic nitrogens is 2. The van der Waals surface area contributed by atoms with Crippen LogP contribution in [-0.4, -0.2) is 53.0 Å². The molecule has 1 saturated heterocycles. The van der Waals surface area contributed by atoms with Gasteiger partial charge < -0.3 is 18.8 Å². The number of aryl methyl sites for hydroxylation is 1. The van der Waals surface area contributed by atoms with Crippen molar-refractivity contribution < 1.29 is 19.1 Å². The molecule has 2 aromatic heterocycles. The van der Waals surface area contributed by atoms with Crippen molar-refractivity contribution in [3.8, 4) is 5.75 Å². The first kappa shape index (κ1) is 22.8. The molecule has 1 atom stereocenters. The van der Waals surface area contributed by atoms with Gasteiger partial charge in [0.2, 0.25) is 5.91 Å². The van der Waals surface area contributed by atoms with E-state index in [2.05, 4.69) is 9.38 Å². The molecule has 1 aliphatic rings. The van der Waals surface area contributed by atoms with Crippen molar-refractivity contribution in [2.45, 2.75) is 39.0 Å². The predicted molar refractivity (Wildman–Crippen MR) is 125 cm³/mol. The van der Waals surface area contributed by atoms with Crippen molar-refractivity contribution in [1.82, 2.24) is 14.3 Å². The molecular formula is C26H31N3O4. The molecule has 0 spiro atoms. The van der Waals surface area contributed by atoms with E-state index >= 15 is 0 Å². The minimum Gasteiger partial charge on any atom is -0.497 e. The summed E-state index contributed by atoms with van der Waals surface area (Å²) in [4.78, 5) is 31.9. The average Bonchev–Trinajstić information content (AvgIpc) is 3.28. The topological polar surface area (TPSA) is 73.1 Å². The monoisotopic (exact) mass is 449 g/mol. The normalized spacial score (nSPS) is 15.4. The van der Waals surface area contributed by atoms with E-state index in [1.165, 1.54) is 0 Å². The van der Waals surface area contributed by atoms with E-state index in [1.807, 2.05) is 67.5 Å². The molecule has 0 saturated carbocycles. The number of hydrogen-bond acceptors (Lipinski definition) is 5. The fourth-order valence-electron chi connectivity index (χ4n) is 4.61. The summed E-state index contributed by atoms with van der Waals surface area (Å²) in [5.41, 5.74) is 3.95. The molecule has 7 nitrogen and oxygen atoms in total. The average molecular weight is 450 g/mol. The van der Waals surface area contributed by atoms with Gasteiger partial charge in [0.15, 0.2) is 0 Å². The number of fused-ring (bicyclic) bond motifs is 1. The zero-order valence-electron chi connectivity index (χ0n) is 19.5. The molecule has 1 aliphatic heterocycles. The number of piperidine rings is 1. The molecule has 1 aromatic carbocycles. The van der Waals surface area contributed by atoms with Crippen LogP contribution in [0, 0.1) is 12.8 Å². The zero-order chi connectivity index (χ0) is 23.4. The molecule has 1 amide bonds. The number of carbonyl (C=O) groups is 2. The van der Waals surface area contributed by atoms with Gasteiger partial charge in [0.25, 0.3) is 0 Å². The maximum Gasteiger partial charge on any atom is 0.309 e. The second kappa shape index (κ2) is 10.1. The van der Waals surface area contributed by atoms with E-state index in [4.69, 9.17) is 9.47 Å². The van der Waals surface area contributed by atoms with E-state index in [-0.39, 0.29) is 23.7 Å². The number of pyridine rings is 1. The lowest BCUT2D eigenvalue weighted by molar-refractivity contribution is -0.151. The number of imidazole rings is 1. The van der Waals surface area contributed by atoms with Gasteiger partial charge in [-0.1, -0.05) is 18.2 Å². The first-order valence-corrected chi connectivity index (χ1v) is 11.5. The number of methoxy groups -OCH3 is 1. The molecule has 33 heavy (non-hydrogen) atoms. The lowest BCUT2D eigenvalue weighted by atomic mass is 9.90. The summed E-state index contributed by atoms with van der Waals surface area (Å²) in [7, 11) is 1.64. The van der Waals surface area contributed by atoms with Gasteiger partial charge >= 0.3 is 5.97 Å². The summed E-state index contributed by atoms with van der Waals surface area (Å²) in [5.74, 6) is 0.384. The zero-order valence-corrected chi connectivity index (χ0v) is 19.5. The first-order chi connectivity index (χ1) is 16.0. The maximum atomic E-state index is 13.4. The molecule has 3 heterocycles. The molecule has 1 unspecified atom stereocenters. The van der Waals surface area contributed by atoms with E-state index < -0.39 is 0 Å². The van der Waals surface area contributed by atoms with Crippen LogP contribution in [-0.2, 0) is 14.3 Å². The highest BCUT2D eigenvalue weighted by Crippen LogP contribution is 2.32. The van der Waals surface area contributed by atoms with Crippen molar-refractivity contribution in [2.75, 3.05) is 26.8 Å². The third kappa shape index (κ3) is 4.87. The second-order valence-corrected chi connectivity index (χ2v) is 8.51. The van der Waals surface area contributed by atoms with Gasteiger partial charge in [-0.2, -0.15) is 0 Å². The summed E-state index contributed by atoms with van der Waals surface area (Å²) in [6, 6.07) is 11.9. The van der Waals surface area contributed by atoms with Crippen molar-refractivity contribution in [3.05, 3.63) is 65.6 Å². The predicted octanol–water partition coefficient (Wildman–Crippen LogP) is 3.98. The summed E-state index contributed by atoms with van der Waals surface area (Å²) in [6.07, 6.45) is 5.46. The molecule has 0 radical (unpaired) electrons. The Balaban J connectivity index is 1.59. The highest BCUT2D eigenvalue weighted by atomic mass is 16.5. The number of likely N-dealkylation sites (tertiary alicyclic amines) is 1. The van der Waals surface area contributed by atoms with Gasteiger partial charge in [-0.25, -0.2) is 4.98 Å². The van der Waals surface area contributed by atoms with Crippen LogP contribution in [0.2, 0.25) is 0 Å². The van der Waals surface area contributed by atoms with Gasteiger partial charge in [0, 0.05) is 37.8 Å². The largest absolute Gasteiger partial charge is 0.497 e. The van der Waals surface area contributed by atoms with E-state index in [1.54, 1.807) is 7.11 Å². The molecule has 3 aromatic rings. The number of nitrogens with zero attached hydrogens (tertiary/aromatic N) is 3. The minimum absolute atomic E-state index is 0.0766. The van der Waals surface area contributed by atoms with Gasteiger partial charge in [0.1, 0.15) is 11.4 Å². The Labute approximate surface area is 194 Å². The van der Waals surface area contributed by atoms with Gasteiger partial charge in [-0.3, -0.25) is 9.59 Å². The van der Waals surface area contributed by atoms with Gasteiger partial charge in [-0.05, 0) is 56.0 Å². The third-order valence-electron chi connectivity index (χ3n) is 6.46. The standard InChI is InChI=1S/C26H31N3O4/c1-4-33-26(31)19-10-13-28(14-11-19)24(30)16-22(20-8-5-9-21(15-20)32-3)23-17-27-25-18(2)7-6-12-29(23)25/h5-9,12,15,17,19,22H,4,10-11,13-14,16H2,1-3H3. The molecule has 7 heteroatoms. The lowest BCUT2D eigenvalue weighted by Crippen LogP contribution is -2.41. The second-order valence-electron chi connectivity index (χ2n) is 8.51. The van der Waals surface area contributed by atoms with Crippen LogP contribution in [0.5, 0.6) is 5.75 Å². The summed E-state index contributed by atoms with van der Waals surface area (Å²) >= 11 is 0. The highest BCUT2D eigenvalue weighted by Gasteiger charge is 2.30. The van der Waals surface area contributed by atoms with Gasteiger partial charge in [0.05, 0.1) is 25.3 Å². The van der Waals surface area contributed by atoms with E-state index in [0.29, 0.717) is 39.0 Å². The number of carbonyl (C=O) groups excluding carboxylic acids is 2. The Morgan fingerprint density at radius 3 is 2.70 bits per heavy atom. The van der Waals surface area contributed by atoms with Crippen LogP contribution in [0.25, 0.3) is 5.65 Å². The Morgan fingerprint density at radius 1 is 1.18 bits per heavy atom. The molecule has 0 bridgehead atoms. The summed E-state index contributed by atoms with van der Waals surface area (Å²) < 4.78 is 12.7. The third-order valence-corrected chi connectivity index (χ3v) is 6.46. The van der Waals surface area contributed by atoms with E-state index in [0.717, 1.165) is 28.2 Å². The number of hydrogen-bond donors (Lipinski definition) is 0. The fraction of sp³-hybridized carbons (Fsp3) is 0.423. The van der Waals surface area contributed by atoms with Crippen LogP contribution >= 0.6 is 0 Å². The molecular weight excluding hydrogens is 418 g/mol. The molecule has 1 fully saturated rings. The fourth-order valence-corrected chi connectivity index (χ4v) is 4.61. The van der Waals surface area contributed by atoms with Crippen LogP contribution in [0.3, 0.4) is 0 Å². The maximum absolute atomic E-state index is 13.4. The van der Waals surface area contributed by atoms with Crippen molar-refractivity contribution in [2.24, 2.45) is 5.92 Å². The first-order valence-electron chi connectivity index (χ1n) is 11.5. The molecule has 174 valence electrons. The summed E-state index contributed by atoms with van der Waals surface area (Å²) in [6.45, 7) is 5.38. The minimum atomic E-state index is -0.174. The van der Waals surface area contributed by atoms with Crippen LogP contribution in [0.15, 0.2) is 48.8 Å². The quantitative estimate of drug-likeness (QED) is 0.510. The van der Waals surface area contributed by atoms with Crippen LogP contribution < -0.4 is 4.74 Å². The Kier molecular flexibility index (Phi) is 6.96. The number of amides is 1. The van der Waals surface area contributed by atoms with Crippen molar-refractivity contribution in [1.29, 1.82) is 0 Å². The Hall–Kier alpha value is -3.35. The van der Waals surface area contributed by atoms with E-state index in [9.17, 15) is 9.59 Å². The lowest BCUT2D eigenvalue weighted by Gasteiger charge is -2.32. The molecule has 0 N–H and O–H groups in total. The van der Waals surface area contributed by atoms with Gasteiger partial charge in [-0.15, -0.1) is 0 Å². The van der Waals surface area contributed by atoms with Crippen LogP contribution in [0.4, 0.5) is 0 Å². The summed E-state index contributed by atoms with van der Waals surface area (Å²) in [5, 5.41) is 0. The number of esters is 1. The Morgan fingerprint density at radius 2 is 1.97 bits per heavy atom. The smallest absolute Gasteiger partial charge is 0.309 e. The Bertz CT molecular complexity index is 1130. The SMILES string of the molecule is CCOC(=O)C1CCN(C(=O)CC(c2cccc(OC)c2)c2cnc3c(C)cccn23)CC1. The number of rotatable bonds is 7. The highest BCUT2D eigenvalue weighted by molar-refractivity contribution is 5.79. The molecule has 4 rings (SSSR count). The molecule has 0 aliphatic carbocycles. The van der Waals surface area contributed by atoms with Crippen molar-refractivity contribution in [3.63, 3.8) is 0 Å². The van der Waals surface area contributed by atoms with Crippen molar-refractivity contribution >= 4 is 17.5 Å².